The Kier molecular flexibility index (Phi) is 8.20. The molecule has 0 radical (unpaired) electrons. The van der Waals surface area contributed by atoms with E-state index in [9.17, 15) is 19.2 Å². The first-order chi connectivity index (χ1) is 17.8. The number of nitrogens with zero attached hydrogens (tertiary/aromatic N) is 2. The number of benzene rings is 3. The highest BCUT2D eigenvalue weighted by Gasteiger charge is 2.16. The zero-order chi connectivity index (χ0) is 26.4. The van der Waals surface area contributed by atoms with Gasteiger partial charge in [0, 0.05) is 18.7 Å². The molecule has 0 spiro atoms. The van der Waals surface area contributed by atoms with Gasteiger partial charge in [-0.2, -0.15) is 0 Å². The van der Waals surface area contributed by atoms with Crippen molar-refractivity contribution in [2.24, 2.45) is 0 Å². The molecule has 4 aromatic rings. The van der Waals surface area contributed by atoms with Gasteiger partial charge in [-0.05, 0) is 56.2 Å². The molecule has 0 saturated carbocycles. The molecule has 37 heavy (non-hydrogen) atoms. The first-order valence-electron chi connectivity index (χ1n) is 12.0. The lowest BCUT2D eigenvalue weighted by Gasteiger charge is -2.14. The lowest BCUT2D eigenvalue weighted by atomic mass is 10.2. The predicted molar refractivity (Wildman–Crippen MR) is 146 cm³/mol. The molecule has 0 saturated heterocycles. The van der Waals surface area contributed by atoms with Gasteiger partial charge < -0.3 is 10.6 Å². The molecule has 0 aliphatic carbocycles. The standard InChI is InChI=1S/C28H27ClN4O4/c1-19-13-15-20(16-14-19)30-25(34)12-6-7-17-32-27(36)21-8-2-5-11-24(21)33(28(32)37)18-26(35)31-23-10-4-3-9-22(23)29/h2-5,8-11,13-16H,6-7,12,17-18H2,1H3,(H,30,34)(H,31,35). The minimum absolute atomic E-state index is 0.131. The third kappa shape index (κ3) is 6.34. The Morgan fingerprint density at radius 2 is 1.51 bits per heavy atom. The van der Waals surface area contributed by atoms with Crippen molar-refractivity contribution in [2.75, 3.05) is 10.6 Å². The van der Waals surface area contributed by atoms with Gasteiger partial charge in [-0.3, -0.25) is 23.5 Å². The molecule has 0 atom stereocenters. The Morgan fingerprint density at radius 1 is 0.811 bits per heavy atom. The number of hydrogen-bond donors (Lipinski definition) is 2. The third-order valence-electron chi connectivity index (χ3n) is 5.95. The summed E-state index contributed by atoms with van der Waals surface area (Å²) in [6, 6.07) is 21.0. The maximum absolute atomic E-state index is 13.3. The quantitative estimate of drug-likeness (QED) is 0.317. The number of aromatic nitrogens is 2. The molecule has 0 unspecified atom stereocenters. The first-order valence-corrected chi connectivity index (χ1v) is 12.3. The molecule has 1 heterocycles. The molecule has 0 aliphatic rings. The second-order valence-corrected chi connectivity index (χ2v) is 9.15. The maximum Gasteiger partial charge on any atom is 0.331 e. The number of unbranched alkanes of at least 4 members (excludes halogenated alkanes) is 1. The van der Waals surface area contributed by atoms with E-state index in [1.807, 2.05) is 31.2 Å². The van der Waals surface area contributed by atoms with Crippen LogP contribution in [0.4, 0.5) is 11.4 Å². The van der Waals surface area contributed by atoms with Crippen LogP contribution in [0.25, 0.3) is 10.9 Å². The second kappa shape index (κ2) is 11.7. The Hall–Kier alpha value is -4.17. The number of para-hydroxylation sites is 2. The Bertz CT molecular complexity index is 1560. The highest BCUT2D eigenvalue weighted by molar-refractivity contribution is 6.33. The van der Waals surface area contributed by atoms with Crippen LogP contribution >= 0.6 is 11.6 Å². The van der Waals surface area contributed by atoms with Gasteiger partial charge in [0.05, 0.1) is 21.6 Å². The van der Waals surface area contributed by atoms with Gasteiger partial charge in [-0.15, -0.1) is 0 Å². The van der Waals surface area contributed by atoms with Gasteiger partial charge in [0.15, 0.2) is 0 Å². The third-order valence-corrected chi connectivity index (χ3v) is 6.28. The van der Waals surface area contributed by atoms with E-state index in [4.69, 9.17) is 11.6 Å². The lowest BCUT2D eigenvalue weighted by Crippen LogP contribution is -2.41. The van der Waals surface area contributed by atoms with E-state index in [-0.39, 0.29) is 25.4 Å². The fraction of sp³-hybridized carbons (Fsp3) is 0.214. The smallest absolute Gasteiger partial charge is 0.326 e. The van der Waals surface area contributed by atoms with Gasteiger partial charge in [-0.25, -0.2) is 4.79 Å². The van der Waals surface area contributed by atoms with Gasteiger partial charge in [0.1, 0.15) is 6.54 Å². The SMILES string of the molecule is Cc1ccc(NC(=O)CCCCn2c(=O)c3ccccc3n(CC(=O)Nc3ccccc3Cl)c2=O)cc1. The molecule has 8 nitrogen and oxygen atoms in total. The molecule has 2 N–H and O–H groups in total. The number of halogens is 1. The average Bonchev–Trinajstić information content (AvgIpc) is 2.89. The van der Waals surface area contributed by atoms with Crippen molar-refractivity contribution in [3.8, 4) is 0 Å². The van der Waals surface area contributed by atoms with E-state index in [0.717, 1.165) is 15.8 Å². The molecular weight excluding hydrogens is 492 g/mol. The molecule has 4 rings (SSSR count). The number of hydrogen-bond acceptors (Lipinski definition) is 4. The van der Waals surface area contributed by atoms with Crippen LogP contribution in [-0.4, -0.2) is 20.9 Å². The van der Waals surface area contributed by atoms with Crippen molar-refractivity contribution < 1.29 is 9.59 Å². The predicted octanol–water partition coefficient (Wildman–Crippen LogP) is 4.57. The van der Waals surface area contributed by atoms with Gasteiger partial charge >= 0.3 is 5.69 Å². The fourth-order valence-corrected chi connectivity index (χ4v) is 4.22. The summed E-state index contributed by atoms with van der Waals surface area (Å²) in [5.41, 5.74) is 1.63. The minimum atomic E-state index is -0.581. The Morgan fingerprint density at radius 3 is 2.27 bits per heavy atom. The summed E-state index contributed by atoms with van der Waals surface area (Å²) >= 11 is 6.13. The second-order valence-electron chi connectivity index (χ2n) is 8.74. The van der Waals surface area contributed by atoms with E-state index < -0.39 is 17.2 Å². The molecule has 1 aromatic heterocycles. The van der Waals surface area contributed by atoms with E-state index in [1.165, 1.54) is 4.57 Å². The monoisotopic (exact) mass is 518 g/mol. The number of amides is 2. The summed E-state index contributed by atoms with van der Waals surface area (Å²) in [6.07, 6.45) is 1.19. The first kappa shape index (κ1) is 25.9. The van der Waals surface area contributed by atoms with E-state index >= 15 is 0 Å². The maximum atomic E-state index is 13.3. The number of nitrogens with one attached hydrogen (secondary N) is 2. The van der Waals surface area contributed by atoms with Gasteiger partial charge in [0.2, 0.25) is 11.8 Å². The normalized spacial score (nSPS) is 10.9. The average molecular weight is 519 g/mol. The highest BCUT2D eigenvalue weighted by atomic mass is 35.5. The lowest BCUT2D eigenvalue weighted by molar-refractivity contribution is -0.117. The van der Waals surface area contributed by atoms with Crippen LogP contribution < -0.4 is 21.9 Å². The highest BCUT2D eigenvalue weighted by Crippen LogP contribution is 2.20. The van der Waals surface area contributed by atoms with Crippen LogP contribution in [0.3, 0.4) is 0 Å². The van der Waals surface area contributed by atoms with Crippen molar-refractivity contribution in [3.05, 3.63) is 104 Å². The van der Waals surface area contributed by atoms with Crippen LogP contribution in [0.15, 0.2) is 82.4 Å². The van der Waals surface area contributed by atoms with Crippen molar-refractivity contribution in [3.63, 3.8) is 0 Å². The van der Waals surface area contributed by atoms with Crippen LogP contribution in [0.5, 0.6) is 0 Å². The number of aryl methyl sites for hydroxylation is 1. The van der Waals surface area contributed by atoms with Gasteiger partial charge in [0.25, 0.3) is 5.56 Å². The molecule has 0 bridgehead atoms. The molecule has 2 amide bonds. The van der Waals surface area contributed by atoms with Crippen molar-refractivity contribution >= 4 is 45.7 Å². The minimum Gasteiger partial charge on any atom is -0.326 e. The van der Waals surface area contributed by atoms with Gasteiger partial charge in [-0.1, -0.05) is 53.6 Å². The van der Waals surface area contributed by atoms with Crippen LogP contribution in [0, 0.1) is 6.92 Å². The largest absolute Gasteiger partial charge is 0.331 e. The van der Waals surface area contributed by atoms with Crippen LogP contribution in [-0.2, 0) is 22.7 Å². The van der Waals surface area contributed by atoms with E-state index in [0.29, 0.717) is 34.5 Å². The summed E-state index contributed by atoms with van der Waals surface area (Å²) in [6.45, 7) is 1.82. The van der Waals surface area contributed by atoms with Crippen molar-refractivity contribution in [2.45, 2.75) is 39.3 Å². The summed E-state index contributed by atoms with van der Waals surface area (Å²) in [5, 5.41) is 6.27. The van der Waals surface area contributed by atoms with Crippen LogP contribution in [0.2, 0.25) is 5.02 Å². The molecule has 3 aromatic carbocycles. The number of anilines is 2. The summed E-state index contributed by atoms with van der Waals surface area (Å²) in [5.74, 6) is -0.582. The number of fused-ring (bicyclic) bond motifs is 1. The summed E-state index contributed by atoms with van der Waals surface area (Å²) in [4.78, 5) is 51.4. The fourth-order valence-electron chi connectivity index (χ4n) is 4.03. The van der Waals surface area contributed by atoms with Crippen LogP contribution in [0.1, 0.15) is 24.8 Å². The summed E-state index contributed by atoms with van der Waals surface area (Å²) in [7, 11) is 0. The van der Waals surface area contributed by atoms with Crippen molar-refractivity contribution in [1.29, 1.82) is 0 Å². The summed E-state index contributed by atoms with van der Waals surface area (Å²) < 4.78 is 2.41. The number of carbonyl (C=O) groups excluding carboxylic acids is 2. The zero-order valence-electron chi connectivity index (χ0n) is 20.4. The number of carbonyl (C=O) groups is 2. The van der Waals surface area contributed by atoms with E-state index in [1.54, 1.807) is 48.5 Å². The molecule has 190 valence electrons. The van der Waals surface area contributed by atoms with Crippen molar-refractivity contribution in [1.82, 2.24) is 9.13 Å². The molecule has 9 heteroatoms. The number of rotatable bonds is 9. The Labute approximate surface area is 218 Å². The zero-order valence-corrected chi connectivity index (χ0v) is 21.1. The molecular formula is C28H27ClN4O4. The topological polar surface area (TPSA) is 102 Å². The molecule has 0 fully saturated rings. The molecule has 0 aliphatic heterocycles. The Balaban J connectivity index is 1.47. The van der Waals surface area contributed by atoms with E-state index in [2.05, 4.69) is 10.6 Å².